The van der Waals surface area contributed by atoms with Crippen molar-refractivity contribution >= 4 is 23.2 Å². The van der Waals surface area contributed by atoms with E-state index in [0.717, 1.165) is 6.07 Å². The molecule has 0 bridgehead atoms. The van der Waals surface area contributed by atoms with Gasteiger partial charge in [0.05, 0.1) is 5.69 Å². The van der Waals surface area contributed by atoms with E-state index in [9.17, 15) is 13.2 Å². The minimum Gasteiger partial charge on any atom is -0.404 e. The third-order valence-corrected chi connectivity index (χ3v) is 2.11. The number of hydrogen-bond donors (Lipinski definition) is 1. The molecule has 0 spiro atoms. The Kier molecular flexibility index (Phi) is 3.64. The highest BCUT2D eigenvalue weighted by Gasteiger charge is 2.32. The fourth-order valence-corrected chi connectivity index (χ4v) is 1.16. The molecule has 8 heteroatoms. The highest BCUT2D eigenvalue weighted by molar-refractivity contribution is 6.42. The van der Waals surface area contributed by atoms with Crippen molar-refractivity contribution in [2.45, 2.75) is 12.9 Å². The molecule has 0 saturated carbocycles. The van der Waals surface area contributed by atoms with E-state index in [-0.39, 0.29) is 17.4 Å². The Morgan fingerprint density at radius 3 is 2.47 bits per heavy atom. The van der Waals surface area contributed by atoms with E-state index < -0.39 is 17.1 Å². The molecule has 0 amide bonds. The maximum atomic E-state index is 11.9. The van der Waals surface area contributed by atoms with Crippen LogP contribution in [0.1, 0.15) is 5.69 Å². The normalized spacial score (nSPS) is 11.6. The first kappa shape index (κ1) is 12.4. The average molecular weight is 261 g/mol. The smallest absolute Gasteiger partial charge is 0.404 e. The quantitative estimate of drug-likeness (QED) is 0.832. The summed E-state index contributed by atoms with van der Waals surface area (Å²) in [7, 11) is 0. The molecule has 0 unspecified atom stereocenters. The first-order chi connectivity index (χ1) is 6.83. The number of alkyl halides is 3. The third kappa shape index (κ3) is 3.40. The number of nitrogens with two attached hydrogens (primary N) is 1. The number of rotatable bonds is 2. The van der Waals surface area contributed by atoms with Gasteiger partial charge in [0.2, 0.25) is 0 Å². The lowest BCUT2D eigenvalue weighted by molar-refractivity contribution is -0.274. The van der Waals surface area contributed by atoms with Crippen LogP contribution >= 0.6 is 23.2 Å². The Bertz CT molecular complexity index is 370. The van der Waals surface area contributed by atoms with Crippen LogP contribution in [0.2, 0.25) is 10.2 Å². The molecule has 1 aromatic rings. The van der Waals surface area contributed by atoms with Crippen molar-refractivity contribution in [2.75, 3.05) is 0 Å². The molecule has 0 aliphatic heterocycles. The highest BCUT2D eigenvalue weighted by Crippen LogP contribution is 2.34. The van der Waals surface area contributed by atoms with E-state index in [1.54, 1.807) is 0 Å². The predicted octanol–water partition coefficient (Wildman–Crippen LogP) is 2.75. The van der Waals surface area contributed by atoms with Crippen molar-refractivity contribution in [3.63, 3.8) is 0 Å². The molecule has 84 valence electrons. The minimum atomic E-state index is -4.83. The van der Waals surface area contributed by atoms with Crippen LogP contribution in [-0.2, 0) is 6.54 Å². The zero-order chi connectivity index (χ0) is 11.6. The van der Waals surface area contributed by atoms with E-state index in [1.165, 1.54) is 0 Å². The molecule has 0 saturated heterocycles. The molecular formula is C7H5Cl2F3N2O. The number of nitrogens with zero attached hydrogens (tertiary/aromatic N) is 1. The van der Waals surface area contributed by atoms with Crippen LogP contribution in [0, 0.1) is 0 Å². The summed E-state index contributed by atoms with van der Waals surface area (Å²) in [5.74, 6) is -0.607. The van der Waals surface area contributed by atoms with E-state index in [1.807, 2.05) is 0 Å². The average Bonchev–Trinajstić information content (AvgIpc) is 2.10. The summed E-state index contributed by atoms with van der Waals surface area (Å²) in [6.07, 6.45) is -4.83. The van der Waals surface area contributed by atoms with Crippen molar-refractivity contribution in [1.82, 2.24) is 4.98 Å². The van der Waals surface area contributed by atoms with E-state index in [4.69, 9.17) is 28.9 Å². The molecule has 0 fully saturated rings. The summed E-state index contributed by atoms with van der Waals surface area (Å²) in [6.45, 7) is -0.0644. The van der Waals surface area contributed by atoms with Crippen LogP contribution in [0.25, 0.3) is 0 Å². The largest absolute Gasteiger partial charge is 0.573 e. The lowest BCUT2D eigenvalue weighted by Crippen LogP contribution is -2.18. The van der Waals surface area contributed by atoms with Gasteiger partial charge in [-0.1, -0.05) is 23.2 Å². The topological polar surface area (TPSA) is 48.1 Å². The summed E-state index contributed by atoms with van der Waals surface area (Å²) < 4.78 is 39.4. The predicted molar refractivity (Wildman–Crippen MR) is 48.8 cm³/mol. The van der Waals surface area contributed by atoms with Crippen molar-refractivity contribution in [3.05, 3.63) is 21.9 Å². The van der Waals surface area contributed by atoms with Gasteiger partial charge in [0.1, 0.15) is 5.02 Å². The van der Waals surface area contributed by atoms with Gasteiger partial charge in [0.25, 0.3) is 0 Å². The Hall–Kier alpha value is -0.720. The summed E-state index contributed by atoms with van der Waals surface area (Å²) in [5, 5.41) is -0.676. The van der Waals surface area contributed by atoms with Crippen LogP contribution in [-0.4, -0.2) is 11.3 Å². The van der Waals surface area contributed by atoms with Crippen molar-refractivity contribution in [1.29, 1.82) is 0 Å². The Morgan fingerprint density at radius 2 is 2.00 bits per heavy atom. The molecule has 3 nitrogen and oxygen atoms in total. The Balaban J connectivity index is 3.11. The standard InChI is InChI=1S/C7H5Cl2F3N2O/c8-5-4(15-7(10,11)12)1-3(2-13)14-6(5)9/h1H,2,13H2. The third-order valence-electron chi connectivity index (χ3n) is 1.37. The molecule has 1 heterocycles. The first-order valence-electron chi connectivity index (χ1n) is 3.64. The van der Waals surface area contributed by atoms with Gasteiger partial charge in [0, 0.05) is 12.6 Å². The van der Waals surface area contributed by atoms with E-state index in [0.29, 0.717) is 0 Å². The molecule has 0 atom stereocenters. The molecule has 0 aliphatic carbocycles. The van der Waals surface area contributed by atoms with Gasteiger partial charge in [-0.3, -0.25) is 0 Å². The van der Waals surface area contributed by atoms with Crippen LogP contribution in [0.15, 0.2) is 6.07 Å². The molecular weight excluding hydrogens is 256 g/mol. The molecule has 15 heavy (non-hydrogen) atoms. The Morgan fingerprint density at radius 1 is 1.40 bits per heavy atom. The fourth-order valence-electron chi connectivity index (χ4n) is 0.827. The van der Waals surface area contributed by atoms with Crippen LogP contribution < -0.4 is 10.5 Å². The van der Waals surface area contributed by atoms with Gasteiger partial charge in [-0.05, 0) is 0 Å². The number of halogens is 5. The minimum absolute atomic E-state index is 0.0644. The van der Waals surface area contributed by atoms with Gasteiger partial charge in [-0.2, -0.15) is 0 Å². The van der Waals surface area contributed by atoms with Gasteiger partial charge in [-0.25, -0.2) is 4.98 Å². The zero-order valence-corrected chi connectivity index (χ0v) is 8.62. The van der Waals surface area contributed by atoms with Gasteiger partial charge in [0.15, 0.2) is 10.9 Å². The fraction of sp³-hybridized carbons (Fsp3) is 0.286. The van der Waals surface area contributed by atoms with Crippen molar-refractivity contribution < 1.29 is 17.9 Å². The number of pyridine rings is 1. The van der Waals surface area contributed by atoms with Gasteiger partial charge in [-0.15, -0.1) is 13.2 Å². The van der Waals surface area contributed by atoms with Gasteiger partial charge < -0.3 is 10.5 Å². The van der Waals surface area contributed by atoms with Crippen LogP contribution in [0.5, 0.6) is 5.75 Å². The Labute approximate surface area is 92.9 Å². The SMILES string of the molecule is NCc1cc(OC(F)(F)F)c(Cl)c(Cl)n1. The first-order valence-corrected chi connectivity index (χ1v) is 4.40. The van der Waals surface area contributed by atoms with E-state index >= 15 is 0 Å². The maximum absolute atomic E-state index is 11.9. The second-order valence-electron chi connectivity index (χ2n) is 2.47. The van der Waals surface area contributed by atoms with Crippen LogP contribution in [0.3, 0.4) is 0 Å². The monoisotopic (exact) mass is 260 g/mol. The molecule has 0 aliphatic rings. The van der Waals surface area contributed by atoms with E-state index in [2.05, 4.69) is 9.72 Å². The second-order valence-corrected chi connectivity index (χ2v) is 3.20. The summed E-state index contributed by atoms with van der Waals surface area (Å²) in [4.78, 5) is 3.64. The number of ether oxygens (including phenoxy) is 1. The number of aromatic nitrogens is 1. The van der Waals surface area contributed by atoms with Crippen molar-refractivity contribution in [3.8, 4) is 5.75 Å². The highest BCUT2D eigenvalue weighted by atomic mass is 35.5. The molecule has 2 N–H and O–H groups in total. The lowest BCUT2D eigenvalue weighted by atomic mass is 10.3. The summed E-state index contributed by atoms with van der Waals surface area (Å²) >= 11 is 10.9. The van der Waals surface area contributed by atoms with Crippen LogP contribution in [0.4, 0.5) is 13.2 Å². The van der Waals surface area contributed by atoms with Crippen molar-refractivity contribution in [2.24, 2.45) is 5.73 Å². The van der Waals surface area contributed by atoms with Gasteiger partial charge >= 0.3 is 6.36 Å². The zero-order valence-electron chi connectivity index (χ0n) is 7.11. The number of hydrogen-bond acceptors (Lipinski definition) is 3. The molecule has 0 aromatic carbocycles. The maximum Gasteiger partial charge on any atom is 0.573 e. The molecule has 0 radical (unpaired) electrons. The summed E-state index contributed by atoms with van der Waals surface area (Å²) in [6, 6.07) is 0.988. The molecule has 1 rings (SSSR count). The molecule has 1 aromatic heterocycles. The summed E-state index contributed by atoms with van der Waals surface area (Å²) in [5.41, 5.74) is 5.36. The second kappa shape index (κ2) is 4.42. The lowest BCUT2D eigenvalue weighted by Gasteiger charge is -2.11.